The summed E-state index contributed by atoms with van der Waals surface area (Å²) in [4.78, 5) is 14.1. The van der Waals surface area contributed by atoms with Crippen molar-refractivity contribution in [3.05, 3.63) is 58.5 Å². The van der Waals surface area contributed by atoms with E-state index in [2.05, 4.69) is 20.1 Å². The summed E-state index contributed by atoms with van der Waals surface area (Å²) in [6.45, 7) is 2.40. The number of benzene rings is 1. The van der Waals surface area contributed by atoms with Crippen molar-refractivity contribution in [1.29, 1.82) is 0 Å². The highest BCUT2D eigenvalue weighted by atomic mass is 32.1. The highest BCUT2D eigenvalue weighted by Gasteiger charge is 2.24. The van der Waals surface area contributed by atoms with Crippen molar-refractivity contribution in [2.24, 2.45) is 0 Å². The van der Waals surface area contributed by atoms with Crippen molar-refractivity contribution < 1.29 is 4.79 Å². The van der Waals surface area contributed by atoms with E-state index in [1.165, 1.54) is 0 Å². The molecule has 2 amide bonds. The lowest BCUT2D eigenvalue weighted by molar-refractivity contribution is 0.182. The molecule has 1 aliphatic heterocycles. The van der Waals surface area contributed by atoms with Gasteiger partial charge in [0.05, 0.1) is 6.54 Å². The maximum atomic E-state index is 12.3. The van der Waals surface area contributed by atoms with Gasteiger partial charge in [0.25, 0.3) is 0 Å². The summed E-state index contributed by atoms with van der Waals surface area (Å²) >= 11 is 1.63. The molecule has 2 aromatic heterocycles. The zero-order valence-electron chi connectivity index (χ0n) is 13.1. The summed E-state index contributed by atoms with van der Waals surface area (Å²) in [7, 11) is 0. The third-order valence-corrected chi connectivity index (χ3v) is 4.83. The van der Waals surface area contributed by atoms with Crippen molar-refractivity contribution >= 4 is 17.4 Å². The zero-order chi connectivity index (χ0) is 16.4. The molecule has 7 heteroatoms. The fourth-order valence-electron chi connectivity index (χ4n) is 2.81. The standard InChI is InChI=1S/C17H17N5OS/c23-17(18-10-13-6-9-24-12-13)21-7-8-22-15(11-21)19-20-16(22)14-4-2-1-3-5-14/h1-6,9,12H,7-8,10-11H2,(H,18,23). The highest BCUT2D eigenvalue weighted by molar-refractivity contribution is 7.07. The Bertz CT molecular complexity index is 828. The van der Waals surface area contributed by atoms with Gasteiger partial charge in [0.2, 0.25) is 0 Å². The Hall–Kier alpha value is -2.67. The second-order valence-electron chi connectivity index (χ2n) is 5.67. The van der Waals surface area contributed by atoms with Crippen LogP contribution in [-0.4, -0.2) is 32.2 Å². The lowest BCUT2D eigenvalue weighted by Gasteiger charge is -2.28. The number of nitrogens with zero attached hydrogens (tertiary/aromatic N) is 4. The first-order chi connectivity index (χ1) is 11.8. The Kier molecular flexibility index (Phi) is 4.00. The van der Waals surface area contributed by atoms with E-state index in [0.29, 0.717) is 26.2 Å². The number of fused-ring (bicyclic) bond motifs is 1. The van der Waals surface area contributed by atoms with Crippen LogP contribution >= 0.6 is 11.3 Å². The van der Waals surface area contributed by atoms with Crippen LogP contribution in [0.25, 0.3) is 11.4 Å². The fraction of sp³-hybridized carbons (Fsp3) is 0.235. The van der Waals surface area contributed by atoms with Crippen molar-refractivity contribution in [2.75, 3.05) is 6.54 Å². The van der Waals surface area contributed by atoms with Crippen LogP contribution in [0.4, 0.5) is 4.79 Å². The zero-order valence-corrected chi connectivity index (χ0v) is 13.9. The summed E-state index contributed by atoms with van der Waals surface area (Å²) in [5.74, 6) is 1.69. The number of urea groups is 1. The molecule has 24 heavy (non-hydrogen) atoms. The van der Waals surface area contributed by atoms with Crippen molar-refractivity contribution in [3.8, 4) is 11.4 Å². The van der Waals surface area contributed by atoms with E-state index in [9.17, 15) is 4.79 Å². The largest absolute Gasteiger partial charge is 0.334 e. The summed E-state index contributed by atoms with van der Waals surface area (Å²) < 4.78 is 2.10. The van der Waals surface area contributed by atoms with Crippen LogP contribution in [-0.2, 0) is 19.6 Å². The Labute approximate surface area is 143 Å². The second kappa shape index (κ2) is 6.45. The number of hydrogen-bond acceptors (Lipinski definition) is 4. The Morgan fingerprint density at radius 1 is 1.17 bits per heavy atom. The van der Waals surface area contributed by atoms with Crippen LogP contribution in [0.1, 0.15) is 11.4 Å². The van der Waals surface area contributed by atoms with E-state index in [0.717, 1.165) is 22.8 Å². The van der Waals surface area contributed by atoms with Gasteiger partial charge in [0.1, 0.15) is 0 Å². The van der Waals surface area contributed by atoms with Gasteiger partial charge < -0.3 is 14.8 Å². The third-order valence-electron chi connectivity index (χ3n) is 4.10. The van der Waals surface area contributed by atoms with Crippen LogP contribution in [0, 0.1) is 0 Å². The molecule has 0 fully saturated rings. The lowest BCUT2D eigenvalue weighted by Crippen LogP contribution is -2.44. The summed E-state index contributed by atoms with van der Waals surface area (Å²) in [5.41, 5.74) is 2.17. The minimum absolute atomic E-state index is 0.0586. The monoisotopic (exact) mass is 339 g/mol. The number of rotatable bonds is 3. The maximum Gasteiger partial charge on any atom is 0.318 e. The Morgan fingerprint density at radius 2 is 2.04 bits per heavy atom. The molecular formula is C17H17N5OS. The van der Waals surface area contributed by atoms with E-state index in [4.69, 9.17) is 0 Å². The van der Waals surface area contributed by atoms with E-state index < -0.39 is 0 Å². The van der Waals surface area contributed by atoms with Crippen LogP contribution in [0.3, 0.4) is 0 Å². The minimum Gasteiger partial charge on any atom is -0.334 e. The minimum atomic E-state index is -0.0586. The molecule has 1 aromatic carbocycles. The fourth-order valence-corrected chi connectivity index (χ4v) is 3.48. The molecule has 1 N–H and O–H groups in total. The number of aromatic nitrogens is 3. The number of thiophene rings is 1. The molecule has 0 radical (unpaired) electrons. The first kappa shape index (κ1) is 14.9. The van der Waals surface area contributed by atoms with Gasteiger partial charge in [-0.15, -0.1) is 10.2 Å². The number of carbonyl (C=O) groups excluding carboxylic acids is 1. The van der Waals surface area contributed by atoms with Gasteiger partial charge in [0, 0.05) is 25.2 Å². The van der Waals surface area contributed by atoms with Crippen LogP contribution in [0.15, 0.2) is 47.2 Å². The predicted molar refractivity (Wildman–Crippen MR) is 92.4 cm³/mol. The smallest absolute Gasteiger partial charge is 0.318 e. The van der Waals surface area contributed by atoms with E-state index in [1.807, 2.05) is 47.2 Å². The maximum absolute atomic E-state index is 12.3. The van der Waals surface area contributed by atoms with Gasteiger partial charge in [-0.3, -0.25) is 0 Å². The molecule has 6 nitrogen and oxygen atoms in total. The Morgan fingerprint density at radius 3 is 2.83 bits per heavy atom. The van der Waals surface area contributed by atoms with Gasteiger partial charge in [0.15, 0.2) is 11.6 Å². The van der Waals surface area contributed by atoms with Crippen molar-refractivity contribution in [1.82, 2.24) is 25.0 Å². The number of amides is 2. The van der Waals surface area contributed by atoms with Gasteiger partial charge >= 0.3 is 6.03 Å². The molecule has 0 unspecified atom stereocenters. The number of carbonyl (C=O) groups is 1. The molecule has 122 valence electrons. The quantitative estimate of drug-likeness (QED) is 0.798. The van der Waals surface area contributed by atoms with Gasteiger partial charge in [-0.25, -0.2) is 4.79 Å². The van der Waals surface area contributed by atoms with Crippen LogP contribution in [0.2, 0.25) is 0 Å². The molecule has 3 heterocycles. The normalized spacial score (nSPS) is 13.6. The molecule has 4 rings (SSSR count). The van der Waals surface area contributed by atoms with Gasteiger partial charge in [-0.05, 0) is 22.4 Å². The molecule has 0 aliphatic carbocycles. The lowest BCUT2D eigenvalue weighted by atomic mass is 10.2. The topological polar surface area (TPSA) is 63.1 Å². The highest BCUT2D eigenvalue weighted by Crippen LogP contribution is 2.21. The summed E-state index contributed by atoms with van der Waals surface area (Å²) in [5, 5.41) is 15.6. The number of hydrogen-bond donors (Lipinski definition) is 1. The Balaban J connectivity index is 1.45. The average Bonchev–Trinajstić information content (AvgIpc) is 3.29. The first-order valence-corrected chi connectivity index (χ1v) is 8.77. The van der Waals surface area contributed by atoms with E-state index in [1.54, 1.807) is 16.2 Å². The molecule has 0 saturated heterocycles. The van der Waals surface area contributed by atoms with Crippen LogP contribution in [0.5, 0.6) is 0 Å². The molecule has 0 bridgehead atoms. The predicted octanol–water partition coefficient (Wildman–Crippen LogP) is 2.73. The molecule has 0 spiro atoms. The molecule has 1 aliphatic rings. The SMILES string of the molecule is O=C(NCc1ccsc1)N1CCn2c(nnc2-c2ccccc2)C1. The third kappa shape index (κ3) is 2.90. The molecular weight excluding hydrogens is 322 g/mol. The van der Waals surface area contributed by atoms with Crippen molar-refractivity contribution in [3.63, 3.8) is 0 Å². The van der Waals surface area contributed by atoms with Crippen LogP contribution < -0.4 is 5.32 Å². The van der Waals surface area contributed by atoms with Gasteiger partial charge in [-0.1, -0.05) is 30.3 Å². The average molecular weight is 339 g/mol. The molecule has 0 atom stereocenters. The van der Waals surface area contributed by atoms with E-state index in [-0.39, 0.29) is 6.03 Å². The van der Waals surface area contributed by atoms with Crippen molar-refractivity contribution in [2.45, 2.75) is 19.6 Å². The van der Waals surface area contributed by atoms with Gasteiger partial charge in [-0.2, -0.15) is 11.3 Å². The molecule has 0 saturated carbocycles. The first-order valence-electron chi connectivity index (χ1n) is 7.82. The number of nitrogens with one attached hydrogen (secondary N) is 1. The second-order valence-corrected chi connectivity index (χ2v) is 6.45. The molecule has 3 aromatic rings. The van der Waals surface area contributed by atoms with E-state index >= 15 is 0 Å². The summed E-state index contributed by atoms with van der Waals surface area (Å²) in [6.07, 6.45) is 0. The summed E-state index contributed by atoms with van der Waals surface area (Å²) in [6, 6.07) is 12.0.